The molecule has 0 radical (unpaired) electrons. The van der Waals surface area contributed by atoms with Crippen molar-refractivity contribution in [3.63, 3.8) is 0 Å². The lowest BCUT2D eigenvalue weighted by atomic mass is 9.93. The summed E-state index contributed by atoms with van der Waals surface area (Å²) in [6.45, 7) is 9.86. The van der Waals surface area contributed by atoms with Crippen LogP contribution in [0.1, 0.15) is 25.5 Å². The van der Waals surface area contributed by atoms with E-state index in [-0.39, 0.29) is 0 Å². The van der Waals surface area contributed by atoms with E-state index < -0.39 is 0 Å². The Hall–Kier alpha value is -0.900. The molecule has 0 aromatic heterocycles. The average Bonchev–Trinajstić information content (AvgIpc) is 2.46. The van der Waals surface area contributed by atoms with E-state index in [9.17, 15) is 0 Å². The van der Waals surface area contributed by atoms with E-state index in [4.69, 9.17) is 5.73 Å². The van der Waals surface area contributed by atoms with Crippen molar-refractivity contribution in [2.45, 2.75) is 19.9 Å². The maximum atomic E-state index is 5.97. The van der Waals surface area contributed by atoms with Crippen LogP contribution >= 0.6 is 0 Å². The largest absolute Gasteiger partial charge is 0.330 e. The van der Waals surface area contributed by atoms with Gasteiger partial charge in [-0.1, -0.05) is 44.2 Å². The Kier molecular flexibility index (Phi) is 5.58. The molecular weight excluding hydrogens is 246 g/mol. The number of hydrogen-bond donors (Lipinski definition) is 1. The smallest absolute Gasteiger partial charge is 0.0475 e. The second-order valence-electron chi connectivity index (χ2n) is 6.42. The lowest BCUT2D eigenvalue weighted by Gasteiger charge is -2.42. The summed E-state index contributed by atoms with van der Waals surface area (Å²) in [5, 5.41) is 0. The van der Waals surface area contributed by atoms with Crippen molar-refractivity contribution < 1.29 is 0 Å². The quantitative estimate of drug-likeness (QED) is 0.894. The minimum atomic E-state index is 0.503. The topological polar surface area (TPSA) is 32.5 Å². The minimum absolute atomic E-state index is 0.503. The fraction of sp³-hybridized carbons (Fsp3) is 0.647. The summed E-state index contributed by atoms with van der Waals surface area (Å²) in [6.07, 6.45) is 0. The number of likely N-dealkylation sites (N-methyl/N-ethyl adjacent to an activating group) is 1. The molecule has 2 unspecified atom stereocenters. The molecule has 1 aromatic rings. The molecule has 1 aliphatic rings. The number of nitrogens with zero attached hydrogens (tertiary/aromatic N) is 2. The van der Waals surface area contributed by atoms with Crippen molar-refractivity contribution in [2.75, 3.05) is 39.8 Å². The van der Waals surface area contributed by atoms with Gasteiger partial charge >= 0.3 is 0 Å². The van der Waals surface area contributed by atoms with Crippen LogP contribution in [0.4, 0.5) is 0 Å². The van der Waals surface area contributed by atoms with Gasteiger partial charge in [0, 0.05) is 32.2 Å². The highest BCUT2D eigenvalue weighted by molar-refractivity contribution is 5.20. The van der Waals surface area contributed by atoms with Crippen LogP contribution in [0.5, 0.6) is 0 Å². The SMILES string of the molecule is CC(C)C(CN)CN1CCN(C)CC1c1ccccc1. The van der Waals surface area contributed by atoms with Crippen LogP contribution < -0.4 is 5.73 Å². The van der Waals surface area contributed by atoms with Crippen molar-refractivity contribution in [3.05, 3.63) is 35.9 Å². The zero-order valence-electron chi connectivity index (χ0n) is 13.1. The van der Waals surface area contributed by atoms with Gasteiger partial charge in [-0.05, 0) is 31.0 Å². The maximum absolute atomic E-state index is 5.97. The molecule has 1 aliphatic heterocycles. The fourth-order valence-corrected chi connectivity index (χ4v) is 3.03. The van der Waals surface area contributed by atoms with Crippen LogP contribution in [-0.2, 0) is 0 Å². The first-order valence-corrected chi connectivity index (χ1v) is 7.79. The first kappa shape index (κ1) is 15.5. The van der Waals surface area contributed by atoms with Gasteiger partial charge < -0.3 is 10.6 Å². The molecule has 1 heterocycles. The van der Waals surface area contributed by atoms with Gasteiger partial charge in [0.2, 0.25) is 0 Å². The van der Waals surface area contributed by atoms with E-state index in [0.29, 0.717) is 17.9 Å². The van der Waals surface area contributed by atoms with Crippen LogP contribution in [0, 0.1) is 11.8 Å². The normalized spacial score (nSPS) is 23.1. The van der Waals surface area contributed by atoms with Crippen molar-refractivity contribution in [2.24, 2.45) is 17.6 Å². The molecule has 1 aromatic carbocycles. The van der Waals surface area contributed by atoms with E-state index in [0.717, 1.165) is 32.7 Å². The Bertz CT molecular complexity index is 390. The molecule has 0 saturated carbocycles. The van der Waals surface area contributed by atoms with Gasteiger partial charge in [-0.3, -0.25) is 4.90 Å². The van der Waals surface area contributed by atoms with E-state index in [1.54, 1.807) is 0 Å². The average molecular weight is 275 g/mol. The molecule has 112 valence electrons. The standard InChI is InChI=1S/C17H29N3/c1-14(2)16(11-18)12-20-10-9-19(3)13-17(20)15-7-5-4-6-8-15/h4-8,14,16-17H,9-13,18H2,1-3H3. The van der Waals surface area contributed by atoms with Crippen molar-refractivity contribution in [3.8, 4) is 0 Å². The monoisotopic (exact) mass is 275 g/mol. The van der Waals surface area contributed by atoms with Gasteiger partial charge in [-0.15, -0.1) is 0 Å². The lowest BCUT2D eigenvalue weighted by Crippen LogP contribution is -2.49. The highest BCUT2D eigenvalue weighted by Crippen LogP contribution is 2.26. The molecule has 1 fully saturated rings. The molecule has 3 nitrogen and oxygen atoms in total. The van der Waals surface area contributed by atoms with E-state index in [1.165, 1.54) is 5.56 Å². The van der Waals surface area contributed by atoms with E-state index in [2.05, 4.69) is 61.0 Å². The fourth-order valence-electron chi connectivity index (χ4n) is 3.03. The summed E-state index contributed by atoms with van der Waals surface area (Å²) >= 11 is 0. The van der Waals surface area contributed by atoms with Crippen LogP contribution in [-0.4, -0.2) is 49.6 Å². The Balaban J connectivity index is 2.12. The molecule has 0 bridgehead atoms. The highest BCUT2D eigenvalue weighted by atomic mass is 15.3. The third-order valence-corrected chi connectivity index (χ3v) is 4.59. The molecule has 2 rings (SSSR count). The molecule has 0 aliphatic carbocycles. The number of nitrogens with two attached hydrogens (primary N) is 1. The number of rotatable bonds is 5. The first-order valence-electron chi connectivity index (χ1n) is 7.79. The zero-order valence-corrected chi connectivity index (χ0v) is 13.1. The van der Waals surface area contributed by atoms with Gasteiger partial charge in [0.25, 0.3) is 0 Å². The van der Waals surface area contributed by atoms with Crippen LogP contribution in [0.15, 0.2) is 30.3 Å². The van der Waals surface area contributed by atoms with Crippen molar-refractivity contribution >= 4 is 0 Å². The Morgan fingerprint density at radius 1 is 1.20 bits per heavy atom. The zero-order chi connectivity index (χ0) is 14.5. The van der Waals surface area contributed by atoms with Gasteiger partial charge in [0.05, 0.1) is 0 Å². The number of piperazine rings is 1. The maximum Gasteiger partial charge on any atom is 0.0475 e. The minimum Gasteiger partial charge on any atom is -0.330 e. The Morgan fingerprint density at radius 2 is 1.90 bits per heavy atom. The lowest BCUT2D eigenvalue weighted by molar-refractivity contribution is 0.0687. The molecule has 3 heteroatoms. The molecule has 2 N–H and O–H groups in total. The summed E-state index contributed by atoms with van der Waals surface area (Å²) in [6, 6.07) is 11.4. The summed E-state index contributed by atoms with van der Waals surface area (Å²) in [7, 11) is 2.22. The second kappa shape index (κ2) is 7.21. The predicted octanol–water partition coefficient (Wildman–Crippen LogP) is 2.21. The van der Waals surface area contributed by atoms with Gasteiger partial charge in [-0.25, -0.2) is 0 Å². The molecule has 2 atom stereocenters. The molecule has 0 spiro atoms. The predicted molar refractivity (Wildman–Crippen MR) is 85.6 cm³/mol. The van der Waals surface area contributed by atoms with Crippen molar-refractivity contribution in [1.82, 2.24) is 9.80 Å². The van der Waals surface area contributed by atoms with Crippen molar-refractivity contribution in [1.29, 1.82) is 0 Å². The van der Waals surface area contributed by atoms with E-state index in [1.807, 2.05) is 0 Å². The molecule has 20 heavy (non-hydrogen) atoms. The van der Waals surface area contributed by atoms with Gasteiger partial charge in [0.1, 0.15) is 0 Å². The highest BCUT2D eigenvalue weighted by Gasteiger charge is 2.28. The summed E-state index contributed by atoms with van der Waals surface area (Å²) in [5.74, 6) is 1.24. The first-order chi connectivity index (χ1) is 9.61. The summed E-state index contributed by atoms with van der Waals surface area (Å²) < 4.78 is 0. The third kappa shape index (κ3) is 3.81. The Morgan fingerprint density at radius 3 is 2.50 bits per heavy atom. The number of benzene rings is 1. The summed E-state index contributed by atoms with van der Waals surface area (Å²) in [5.41, 5.74) is 7.39. The van der Waals surface area contributed by atoms with Crippen LogP contribution in [0.25, 0.3) is 0 Å². The van der Waals surface area contributed by atoms with Crippen LogP contribution in [0.2, 0.25) is 0 Å². The molecule has 1 saturated heterocycles. The number of hydrogen-bond acceptors (Lipinski definition) is 3. The van der Waals surface area contributed by atoms with Crippen LogP contribution in [0.3, 0.4) is 0 Å². The molecular formula is C17H29N3. The summed E-state index contributed by atoms with van der Waals surface area (Å²) in [4.78, 5) is 5.06. The third-order valence-electron chi connectivity index (χ3n) is 4.59. The second-order valence-corrected chi connectivity index (χ2v) is 6.42. The van der Waals surface area contributed by atoms with Gasteiger partial charge in [-0.2, -0.15) is 0 Å². The molecule has 0 amide bonds. The van der Waals surface area contributed by atoms with E-state index >= 15 is 0 Å². The Labute approximate surface area is 123 Å². The van der Waals surface area contributed by atoms with Gasteiger partial charge in [0.15, 0.2) is 0 Å².